The van der Waals surface area contributed by atoms with Crippen molar-refractivity contribution < 1.29 is 14.4 Å². The summed E-state index contributed by atoms with van der Waals surface area (Å²) in [5.74, 6) is -1.12. The van der Waals surface area contributed by atoms with Crippen molar-refractivity contribution in [2.75, 3.05) is 0 Å². The average Bonchev–Trinajstić information content (AvgIpc) is 2.45. The number of halogens is 1. The van der Waals surface area contributed by atoms with Crippen LogP contribution in [0.1, 0.15) is 36.0 Å². The van der Waals surface area contributed by atoms with Gasteiger partial charge in [0, 0.05) is 23.4 Å². The van der Waals surface area contributed by atoms with E-state index in [-0.39, 0.29) is 18.1 Å². The molecule has 6 heteroatoms. The molecule has 3 N–H and O–H groups in total. The molecular weight excluding hydrogens is 292 g/mol. The summed E-state index contributed by atoms with van der Waals surface area (Å²) >= 11 is 5.77. The van der Waals surface area contributed by atoms with Gasteiger partial charge in [-0.2, -0.15) is 0 Å². The summed E-state index contributed by atoms with van der Waals surface area (Å²) in [5, 5.41) is 3.16. The molecule has 1 aliphatic carbocycles. The van der Waals surface area contributed by atoms with Crippen LogP contribution in [0.3, 0.4) is 0 Å². The summed E-state index contributed by atoms with van der Waals surface area (Å²) in [6.07, 6.45) is 2.26. The predicted molar refractivity (Wildman–Crippen MR) is 78.9 cm³/mol. The Morgan fingerprint density at radius 3 is 2.52 bits per heavy atom. The Morgan fingerprint density at radius 2 is 1.95 bits per heavy atom. The number of hydrogen-bond donors (Lipinski definition) is 2. The van der Waals surface area contributed by atoms with E-state index in [1.807, 2.05) is 0 Å². The molecule has 1 aromatic carbocycles. The molecule has 0 spiro atoms. The zero-order valence-corrected chi connectivity index (χ0v) is 12.2. The summed E-state index contributed by atoms with van der Waals surface area (Å²) in [4.78, 5) is 35.3. The van der Waals surface area contributed by atoms with Crippen molar-refractivity contribution in [1.29, 1.82) is 0 Å². The molecule has 1 saturated carbocycles. The Labute approximate surface area is 127 Å². The van der Waals surface area contributed by atoms with Crippen LogP contribution in [-0.2, 0) is 9.59 Å². The molecule has 0 saturated heterocycles. The maximum absolute atomic E-state index is 12.1. The summed E-state index contributed by atoms with van der Waals surface area (Å²) in [7, 11) is 0. The lowest BCUT2D eigenvalue weighted by molar-refractivity contribution is -0.124. The first kappa shape index (κ1) is 15.5. The van der Waals surface area contributed by atoms with E-state index < -0.39 is 17.9 Å². The second kappa shape index (κ2) is 6.72. The Bertz CT molecular complexity index is 557. The molecule has 112 valence electrons. The van der Waals surface area contributed by atoms with E-state index in [0.717, 1.165) is 6.42 Å². The van der Waals surface area contributed by atoms with E-state index in [1.54, 1.807) is 24.3 Å². The van der Waals surface area contributed by atoms with Gasteiger partial charge in [0.1, 0.15) is 11.8 Å². The number of primary amides is 1. The van der Waals surface area contributed by atoms with Gasteiger partial charge in [-0.25, -0.2) is 0 Å². The van der Waals surface area contributed by atoms with E-state index in [2.05, 4.69) is 5.32 Å². The van der Waals surface area contributed by atoms with Crippen molar-refractivity contribution in [2.45, 2.75) is 31.7 Å². The van der Waals surface area contributed by atoms with Gasteiger partial charge in [0.25, 0.3) is 5.91 Å². The molecule has 2 atom stereocenters. The van der Waals surface area contributed by atoms with Gasteiger partial charge in [-0.15, -0.1) is 0 Å². The van der Waals surface area contributed by atoms with Crippen LogP contribution in [-0.4, -0.2) is 23.6 Å². The molecule has 1 fully saturated rings. The monoisotopic (exact) mass is 308 g/mol. The lowest BCUT2D eigenvalue weighted by Crippen LogP contribution is -2.50. The zero-order chi connectivity index (χ0) is 15.4. The molecule has 1 aliphatic rings. The topological polar surface area (TPSA) is 89.3 Å². The molecule has 0 aromatic heterocycles. The van der Waals surface area contributed by atoms with Crippen molar-refractivity contribution in [3.63, 3.8) is 0 Å². The molecule has 0 bridgehead atoms. The second-order valence-electron chi connectivity index (χ2n) is 5.26. The Balaban J connectivity index is 2.08. The quantitative estimate of drug-likeness (QED) is 0.887. The summed E-state index contributed by atoms with van der Waals surface area (Å²) in [6.45, 7) is 0. The van der Waals surface area contributed by atoms with Gasteiger partial charge in [-0.3, -0.25) is 14.4 Å². The molecule has 2 amide bonds. The SMILES string of the molecule is NC(=O)[C@@H](NC(=O)c1ccc(Cl)cc1)[C@H]1CCCC(=O)C1. The summed E-state index contributed by atoms with van der Waals surface area (Å²) < 4.78 is 0. The third-order valence-corrected chi connectivity index (χ3v) is 3.94. The fraction of sp³-hybridized carbons (Fsp3) is 0.400. The number of benzene rings is 1. The van der Waals surface area contributed by atoms with Gasteiger partial charge in [-0.1, -0.05) is 11.6 Å². The highest BCUT2D eigenvalue weighted by molar-refractivity contribution is 6.30. The van der Waals surface area contributed by atoms with Crippen LogP contribution in [0.25, 0.3) is 0 Å². The first-order valence-corrected chi connectivity index (χ1v) is 7.22. The third kappa shape index (κ3) is 4.04. The van der Waals surface area contributed by atoms with Gasteiger partial charge in [-0.05, 0) is 43.0 Å². The van der Waals surface area contributed by atoms with Gasteiger partial charge < -0.3 is 11.1 Å². The number of hydrogen-bond acceptors (Lipinski definition) is 3. The van der Waals surface area contributed by atoms with E-state index in [4.69, 9.17) is 17.3 Å². The first-order valence-electron chi connectivity index (χ1n) is 6.85. The summed E-state index contributed by atoms with van der Waals surface area (Å²) in [5.41, 5.74) is 5.77. The smallest absolute Gasteiger partial charge is 0.251 e. The number of ketones is 1. The number of carbonyl (C=O) groups excluding carboxylic acids is 3. The van der Waals surface area contributed by atoms with E-state index in [9.17, 15) is 14.4 Å². The van der Waals surface area contributed by atoms with Crippen molar-refractivity contribution in [2.24, 2.45) is 11.7 Å². The largest absolute Gasteiger partial charge is 0.368 e. The van der Waals surface area contributed by atoms with E-state index >= 15 is 0 Å². The van der Waals surface area contributed by atoms with Crippen LogP contribution >= 0.6 is 11.6 Å². The van der Waals surface area contributed by atoms with Crippen LogP contribution in [0.5, 0.6) is 0 Å². The lowest BCUT2D eigenvalue weighted by Gasteiger charge is -2.28. The highest BCUT2D eigenvalue weighted by Crippen LogP contribution is 2.24. The van der Waals surface area contributed by atoms with Gasteiger partial charge in [0.2, 0.25) is 5.91 Å². The molecule has 5 nitrogen and oxygen atoms in total. The normalized spacial score (nSPS) is 19.9. The predicted octanol–water partition coefficient (Wildman–Crippen LogP) is 1.68. The fourth-order valence-corrected chi connectivity index (χ4v) is 2.72. The van der Waals surface area contributed by atoms with Crippen LogP contribution in [0.4, 0.5) is 0 Å². The van der Waals surface area contributed by atoms with Crippen molar-refractivity contribution in [1.82, 2.24) is 5.32 Å². The van der Waals surface area contributed by atoms with Crippen LogP contribution < -0.4 is 11.1 Å². The highest BCUT2D eigenvalue weighted by atomic mass is 35.5. The molecule has 2 rings (SSSR count). The minimum absolute atomic E-state index is 0.109. The number of nitrogens with two attached hydrogens (primary N) is 1. The lowest BCUT2D eigenvalue weighted by atomic mass is 9.82. The molecule has 1 aromatic rings. The van der Waals surface area contributed by atoms with Crippen molar-refractivity contribution in [3.05, 3.63) is 34.9 Å². The van der Waals surface area contributed by atoms with Crippen LogP contribution in [0.15, 0.2) is 24.3 Å². The molecule has 0 unspecified atom stereocenters. The Hall–Kier alpha value is -1.88. The minimum Gasteiger partial charge on any atom is -0.368 e. The Morgan fingerprint density at radius 1 is 1.29 bits per heavy atom. The van der Waals surface area contributed by atoms with Crippen LogP contribution in [0, 0.1) is 5.92 Å². The first-order chi connectivity index (χ1) is 9.97. The minimum atomic E-state index is -0.822. The summed E-state index contributed by atoms with van der Waals surface area (Å²) in [6, 6.07) is 5.51. The molecule has 0 radical (unpaired) electrons. The number of amides is 2. The highest BCUT2D eigenvalue weighted by Gasteiger charge is 2.32. The number of Topliss-reactive ketones (excluding diaryl/α,β-unsaturated/α-hetero) is 1. The molecule has 0 heterocycles. The van der Waals surface area contributed by atoms with Crippen LogP contribution in [0.2, 0.25) is 5.02 Å². The molecular formula is C15H17ClN2O3. The number of carbonyl (C=O) groups is 3. The van der Waals surface area contributed by atoms with Gasteiger partial charge in [0.05, 0.1) is 0 Å². The van der Waals surface area contributed by atoms with Gasteiger partial charge in [0.15, 0.2) is 0 Å². The van der Waals surface area contributed by atoms with E-state index in [1.165, 1.54) is 0 Å². The van der Waals surface area contributed by atoms with Crippen molar-refractivity contribution >= 4 is 29.2 Å². The standard InChI is InChI=1S/C15H17ClN2O3/c16-11-6-4-9(5-7-11)15(21)18-13(14(17)20)10-2-1-3-12(19)8-10/h4-7,10,13H,1-3,8H2,(H2,17,20)(H,18,21)/t10-,13-/m0/s1. The maximum Gasteiger partial charge on any atom is 0.251 e. The fourth-order valence-electron chi connectivity index (χ4n) is 2.59. The van der Waals surface area contributed by atoms with E-state index in [0.29, 0.717) is 23.4 Å². The molecule has 0 aliphatic heterocycles. The number of rotatable bonds is 4. The average molecular weight is 309 g/mol. The zero-order valence-electron chi connectivity index (χ0n) is 11.5. The van der Waals surface area contributed by atoms with Gasteiger partial charge >= 0.3 is 0 Å². The second-order valence-corrected chi connectivity index (χ2v) is 5.69. The Kier molecular flexibility index (Phi) is 4.96. The molecule has 21 heavy (non-hydrogen) atoms. The number of nitrogens with one attached hydrogen (secondary N) is 1. The van der Waals surface area contributed by atoms with Crippen molar-refractivity contribution in [3.8, 4) is 0 Å². The third-order valence-electron chi connectivity index (χ3n) is 3.69. The maximum atomic E-state index is 12.1.